The zero-order valence-corrected chi connectivity index (χ0v) is 12.1. The lowest BCUT2D eigenvalue weighted by atomic mass is 10.1. The molecule has 0 aliphatic heterocycles. The first-order valence-electron chi connectivity index (χ1n) is 6.40. The van der Waals surface area contributed by atoms with Gasteiger partial charge in [0.25, 0.3) is 0 Å². The normalized spacial score (nSPS) is 11.2. The molecule has 0 atom stereocenters. The van der Waals surface area contributed by atoms with Gasteiger partial charge in [0.15, 0.2) is 0 Å². The molecule has 0 unspecified atom stereocenters. The van der Waals surface area contributed by atoms with Gasteiger partial charge in [-0.3, -0.25) is 4.57 Å². The van der Waals surface area contributed by atoms with Crippen molar-refractivity contribution in [1.82, 2.24) is 9.55 Å². The van der Waals surface area contributed by atoms with Gasteiger partial charge in [0.2, 0.25) is 0 Å². The Labute approximate surface area is 121 Å². The molecule has 3 aromatic rings. The van der Waals surface area contributed by atoms with Gasteiger partial charge in [0, 0.05) is 5.88 Å². The molecular weight excluding hydrogens is 275 g/mol. The van der Waals surface area contributed by atoms with E-state index in [1.54, 1.807) is 17.0 Å². The predicted octanol–water partition coefficient (Wildman–Crippen LogP) is 4.52. The highest BCUT2D eigenvalue weighted by Crippen LogP contribution is 2.26. The predicted molar refractivity (Wildman–Crippen MR) is 80.1 cm³/mol. The number of nitrogens with zero attached hydrogens (tertiary/aromatic N) is 2. The van der Waals surface area contributed by atoms with Gasteiger partial charge in [-0.2, -0.15) is 0 Å². The SMILES string of the molecule is Cc1cc2ncn(-c3c(F)cccc3CCl)c2cc1C. The first kappa shape index (κ1) is 13.1. The summed E-state index contributed by atoms with van der Waals surface area (Å²) in [4.78, 5) is 4.37. The molecule has 2 aromatic carbocycles. The van der Waals surface area contributed by atoms with Crippen LogP contribution < -0.4 is 0 Å². The largest absolute Gasteiger partial charge is 0.296 e. The minimum atomic E-state index is -0.291. The van der Waals surface area contributed by atoms with Crippen LogP contribution in [0.2, 0.25) is 0 Å². The fourth-order valence-electron chi connectivity index (χ4n) is 2.38. The van der Waals surface area contributed by atoms with Gasteiger partial charge < -0.3 is 0 Å². The highest BCUT2D eigenvalue weighted by Gasteiger charge is 2.13. The molecule has 1 heterocycles. The van der Waals surface area contributed by atoms with E-state index in [-0.39, 0.29) is 11.7 Å². The minimum absolute atomic E-state index is 0.262. The Kier molecular flexibility index (Phi) is 3.22. The van der Waals surface area contributed by atoms with Crippen LogP contribution in [0.5, 0.6) is 0 Å². The number of fused-ring (bicyclic) bond motifs is 1. The number of benzene rings is 2. The van der Waals surface area contributed by atoms with Gasteiger partial charge in [-0.25, -0.2) is 9.37 Å². The summed E-state index contributed by atoms with van der Waals surface area (Å²) in [6.07, 6.45) is 1.65. The van der Waals surface area contributed by atoms with Crippen molar-refractivity contribution in [2.45, 2.75) is 19.7 Å². The molecule has 0 amide bonds. The van der Waals surface area contributed by atoms with E-state index < -0.39 is 0 Å². The van der Waals surface area contributed by atoms with Crippen LogP contribution in [0.15, 0.2) is 36.7 Å². The maximum absolute atomic E-state index is 14.2. The first-order valence-corrected chi connectivity index (χ1v) is 6.93. The van der Waals surface area contributed by atoms with Crippen molar-refractivity contribution in [3.8, 4) is 5.69 Å². The Morgan fingerprint density at radius 3 is 2.70 bits per heavy atom. The topological polar surface area (TPSA) is 17.8 Å². The molecule has 0 aliphatic carbocycles. The molecular formula is C16H14ClFN2. The van der Waals surface area contributed by atoms with Gasteiger partial charge >= 0.3 is 0 Å². The molecule has 102 valence electrons. The average molecular weight is 289 g/mol. The van der Waals surface area contributed by atoms with Crippen LogP contribution in [0.1, 0.15) is 16.7 Å². The third kappa shape index (κ3) is 1.98. The second-order valence-electron chi connectivity index (χ2n) is 4.92. The molecule has 2 nitrogen and oxygen atoms in total. The fourth-order valence-corrected chi connectivity index (χ4v) is 2.60. The standard InChI is InChI=1S/C16H14ClFN2/c1-10-6-14-15(7-11(10)2)20(9-19-14)16-12(8-17)4-3-5-13(16)18/h3-7,9H,8H2,1-2H3. The number of hydrogen-bond acceptors (Lipinski definition) is 1. The average Bonchev–Trinajstić information content (AvgIpc) is 2.81. The number of aromatic nitrogens is 2. The van der Waals surface area contributed by atoms with Gasteiger partial charge in [-0.15, -0.1) is 11.6 Å². The van der Waals surface area contributed by atoms with Crippen LogP contribution in [0, 0.1) is 19.7 Å². The van der Waals surface area contributed by atoms with E-state index >= 15 is 0 Å². The van der Waals surface area contributed by atoms with E-state index in [0.717, 1.165) is 22.2 Å². The maximum Gasteiger partial charge on any atom is 0.147 e. The minimum Gasteiger partial charge on any atom is -0.296 e. The molecule has 0 aliphatic rings. The number of halogens is 2. The lowest BCUT2D eigenvalue weighted by Gasteiger charge is -2.11. The van der Waals surface area contributed by atoms with Crippen molar-refractivity contribution in [2.24, 2.45) is 0 Å². The summed E-state index contributed by atoms with van der Waals surface area (Å²) in [5, 5.41) is 0. The van der Waals surface area contributed by atoms with E-state index in [9.17, 15) is 4.39 Å². The Morgan fingerprint density at radius 1 is 1.20 bits per heavy atom. The molecule has 0 fully saturated rings. The molecule has 4 heteroatoms. The van der Waals surface area contributed by atoms with E-state index in [1.165, 1.54) is 11.6 Å². The smallest absolute Gasteiger partial charge is 0.147 e. The third-order valence-electron chi connectivity index (χ3n) is 3.62. The van der Waals surface area contributed by atoms with Crippen molar-refractivity contribution in [2.75, 3.05) is 0 Å². The Morgan fingerprint density at radius 2 is 1.95 bits per heavy atom. The molecule has 0 spiro atoms. The number of para-hydroxylation sites is 1. The second kappa shape index (κ2) is 4.91. The number of imidazole rings is 1. The fraction of sp³-hybridized carbons (Fsp3) is 0.188. The monoisotopic (exact) mass is 288 g/mol. The van der Waals surface area contributed by atoms with Gasteiger partial charge in [0.05, 0.1) is 16.7 Å². The van der Waals surface area contributed by atoms with E-state index in [1.807, 2.05) is 32.0 Å². The molecule has 1 aromatic heterocycles. The van der Waals surface area contributed by atoms with Gasteiger partial charge in [-0.1, -0.05) is 12.1 Å². The van der Waals surface area contributed by atoms with Crippen molar-refractivity contribution in [3.63, 3.8) is 0 Å². The highest BCUT2D eigenvalue weighted by molar-refractivity contribution is 6.17. The summed E-state index contributed by atoms with van der Waals surface area (Å²) in [7, 11) is 0. The molecule has 3 rings (SSSR count). The zero-order valence-electron chi connectivity index (χ0n) is 11.3. The Bertz CT molecular complexity index is 793. The molecule has 0 N–H and O–H groups in total. The van der Waals surface area contributed by atoms with Crippen LogP contribution in [0.25, 0.3) is 16.7 Å². The number of hydrogen-bond donors (Lipinski definition) is 0. The summed E-state index contributed by atoms with van der Waals surface area (Å²) in [6, 6.07) is 8.99. The molecule has 0 bridgehead atoms. The third-order valence-corrected chi connectivity index (χ3v) is 3.91. The lowest BCUT2D eigenvalue weighted by Crippen LogP contribution is -2.01. The van der Waals surface area contributed by atoms with E-state index in [0.29, 0.717) is 5.69 Å². The zero-order chi connectivity index (χ0) is 14.3. The number of rotatable bonds is 2. The van der Waals surface area contributed by atoms with Crippen molar-refractivity contribution >= 4 is 22.6 Å². The van der Waals surface area contributed by atoms with Gasteiger partial charge in [-0.05, 0) is 48.7 Å². The van der Waals surface area contributed by atoms with Crippen molar-refractivity contribution < 1.29 is 4.39 Å². The van der Waals surface area contributed by atoms with Crippen LogP contribution in [-0.4, -0.2) is 9.55 Å². The van der Waals surface area contributed by atoms with E-state index in [2.05, 4.69) is 4.98 Å². The summed E-state index contributed by atoms with van der Waals surface area (Å²) >= 11 is 5.93. The maximum atomic E-state index is 14.2. The summed E-state index contributed by atoms with van der Waals surface area (Å²) < 4.78 is 16.0. The van der Waals surface area contributed by atoms with Gasteiger partial charge in [0.1, 0.15) is 12.1 Å². The quantitative estimate of drug-likeness (QED) is 0.634. The van der Waals surface area contributed by atoms with Crippen LogP contribution in [0.3, 0.4) is 0 Å². The van der Waals surface area contributed by atoms with Crippen LogP contribution in [-0.2, 0) is 5.88 Å². The van der Waals surface area contributed by atoms with Crippen molar-refractivity contribution in [3.05, 3.63) is 59.2 Å². The van der Waals surface area contributed by atoms with E-state index in [4.69, 9.17) is 11.6 Å². The summed E-state index contributed by atoms with van der Waals surface area (Å²) in [5.74, 6) is -0.0295. The number of alkyl halides is 1. The second-order valence-corrected chi connectivity index (χ2v) is 5.19. The van der Waals surface area contributed by atoms with Crippen LogP contribution >= 0.6 is 11.6 Å². The summed E-state index contributed by atoms with van der Waals surface area (Å²) in [6.45, 7) is 4.08. The molecule has 0 saturated heterocycles. The first-order chi connectivity index (χ1) is 9.61. The number of aryl methyl sites for hydroxylation is 2. The molecule has 20 heavy (non-hydrogen) atoms. The lowest BCUT2D eigenvalue weighted by molar-refractivity contribution is 0.617. The highest BCUT2D eigenvalue weighted by atomic mass is 35.5. The van der Waals surface area contributed by atoms with Crippen molar-refractivity contribution in [1.29, 1.82) is 0 Å². The molecule has 0 saturated carbocycles. The Hall–Kier alpha value is -1.87. The Balaban J connectivity index is 2.33. The van der Waals surface area contributed by atoms with Crippen LogP contribution in [0.4, 0.5) is 4.39 Å². The summed E-state index contributed by atoms with van der Waals surface area (Å²) in [5.41, 5.74) is 5.32. The molecule has 0 radical (unpaired) electrons.